The lowest BCUT2D eigenvalue weighted by Crippen LogP contribution is -2.19. The zero-order chi connectivity index (χ0) is 19.9. The SMILES string of the molecule is N#Cc1ccccc1Nc1ccnc(N(Cc2ccccc2)c2ccccc2)n1. The second-order valence-electron chi connectivity index (χ2n) is 6.43. The number of hydrogen-bond donors (Lipinski definition) is 1. The van der Waals surface area contributed by atoms with Gasteiger partial charge in [0, 0.05) is 11.9 Å². The Labute approximate surface area is 169 Å². The van der Waals surface area contributed by atoms with Gasteiger partial charge in [0.2, 0.25) is 5.95 Å². The number of hydrogen-bond acceptors (Lipinski definition) is 5. The summed E-state index contributed by atoms with van der Waals surface area (Å²) in [7, 11) is 0. The summed E-state index contributed by atoms with van der Waals surface area (Å²) in [5.41, 5.74) is 3.45. The maximum atomic E-state index is 9.32. The molecular weight excluding hydrogens is 358 g/mol. The van der Waals surface area contributed by atoms with Crippen LogP contribution in [0.5, 0.6) is 0 Å². The molecule has 0 atom stereocenters. The lowest BCUT2D eigenvalue weighted by atomic mass is 10.2. The molecule has 0 radical (unpaired) electrons. The van der Waals surface area contributed by atoms with E-state index < -0.39 is 0 Å². The smallest absolute Gasteiger partial charge is 0.232 e. The van der Waals surface area contributed by atoms with Crippen LogP contribution < -0.4 is 10.2 Å². The van der Waals surface area contributed by atoms with E-state index in [1.54, 1.807) is 18.3 Å². The van der Waals surface area contributed by atoms with Crippen LogP contribution in [0.15, 0.2) is 97.2 Å². The molecule has 0 amide bonds. The minimum absolute atomic E-state index is 0.567. The first-order valence-electron chi connectivity index (χ1n) is 9.29. The minimum Gasteiger partial charge on any atom is -0.339 e. The van der Waals surface area contributed by atoms with Crippen LogP contribution in [0, 0.1) is 11.3 Å². The van der Waals surface area contributed by atoms with Crippen molar-refractivity contribution >= 4 is 23.1 Å². The molecular formula is C24H19N5. The molecule has 5 heteroatoms. The van der Waals surface area contributed by atoms with Gasteiger partial charge in [-0.15, -0.1) is 0 Å². The van der Waals surface area contributed by atoms with Gasteiger partial charge in [-0.2, -0.15) is 10.2 Å². The highest BCUT2D eigenvalue weighted by atomic mass is 15.3. The molecule has 4 aromatic rings. The fourth-order valence-corrected chi connectivity index (χ4v) is 3.03. The highest BCUT2D eigenvalue weighted by molar-refractivity contribution is 5.66. The van der Waals surface area contributed by atoms with Crippen molar-refractivity contribution in [2.24, 2.45) is 0 Å². The minimum atomic E-state index is 0.567. The first-order chi connectivity index (χ1) is 14.3. The summed E-state index contributed by atoms with van der Waals surface area (Å²) in [6, 6.07) is 31.6. The number of nitrogens with zero attached hydrogens (tertiary/aromatic N) is 4. The summed E-state index contributed by atoms with van der Waals surface area (Å²) in [6.45, 7) is 0.642. The first-order valence-corrected chi connectivity index (χ1v) is 9.29. The monoisotopic (exact) mass is 377 g/mol. The summed E-state index contributed by atoms with van der Waals surface area (Å²) in [5, 5.41) is 12.6. The van der Waals surface area contributed by atoms with Gasteiger partial charge in [-0.1, -0.05) is 60.7 Å². The van der Waals surface area contributed by atoms with Crippen LogP contribution in [0.25, 0.3) is 0 Å². The average molecular weight is 377 g/mol. The summed E-state index contributed by atoms with van der Waals surface area (Å²) in [5.74, 6) is 1.21. The van der Waals surface area contributed by atoms with Crippen LogP contribution in [0.1, 0.15) is 11.1 Å². The third-order valence-corrected chi connectivity index (χ3v) is 4.45. The van der Waals surface area contributed by atoms with Crippen LogP contribution in [0.4, 0.5) is 23.1 Å². The number of nitrogens with one attached hydrogen (secondary N) is 1. The Balaban J connectivity index is 1.68. The van der Waals surface area contributed by atoms with Crippen LogP contribution in [-0.4, -0.2) is 9.97 Å². The summed E-state index contributed by atoms with van der Waals surface area (Å²) < 4.78 is 0. The molecule has 0 saturated carbocycles. The van der Waals surface area contributed by atoms with Gasteiger partial charge in [0.25, 0.3) is 0 Å². The molecule has 29 heavy (non-hydrogen) atoms. The highest BCUT2D eigenvalue weighted by Crippen LogP contribution is 2.26. The molecule has 1 heterocycles. The molecule has 0 aliphatic carbocycles. The average Bonchev–Trinajstić information content (AvgIpc) is 2.79. The van der Waals surface area contributed by atoms with Gasteiger partial charge in [0.05, 0.1) is 17.8 Å². The van der Waals surface area contributed by atoms with Crippen molar-refractivity contribution in [2.75, 3.05) is 10.2 Å². The molecule has 0 bridgehead atoms. The molecule has 3 aromatic carbocycles. The quantitative estimate of drug-likeness (QED) is 0.485. The summed E-state index contributed by atoms with van der Waals surface area (Å²) in [4.78, 5) is 11.3. The molecule has 0 saturated heterocycles. The van der Waals surface area contributed by atoms with Crippen molar-refractivity contribution in [1.82, 2.24) is 9.97 Å². The van der Waals surface area contributed by atoms with E-state index in [9.17, 15) is 5.26 Å². The van der Waals surface area contributed by atoms with Gasteiger partial charge in [-0.05, 0) is 35.9 Å². The molecule has 1 N–H and O–H groups in total. The fourth-order valence-electron chi connectivity index (χ4n) is 3.03. The van der Waals surface area contributed by atoms with Gasteiger partial charge in [-0.25, -0.2) is 4.98 Å². The number of nitriles is 1. The summed E-state index contributed by atoms with van der Waals surface area (Å²) >= 11 is 0. The topological polar surface area (TPSA) is 64.8 Å². The molecule has 4 rings (SSSR count). The zero-order valence-electron chi connectivity index (χ0n) is 15.7. The van der Waals surface area contributed by atoms with Gasteiger partial charge >= 0.3 is 0 Å². The van der Waals surface area contributed by atoms with Crippen LogP contribution in [-0.2, 0) is 6.54 Å². The summed E-state index contributed by atoms with van der Waals surface area (Å²) in [6.07, 6.45) is 1.72. The Morgan fingerprint density at radius 2 is 1.52 bits per heavy atom. The van der Waals surface area contributed by atoms with E-state index in [4.69, 9.17) is 4.98 Å². The second-order valence-corrected chi connectivity index (χ2v) is 6.43. The van der Waals surface area contributed by atoms with Crippen LogP contribution >= 0.6 is 0 Å². The van der Waals surface area contributed by atoms with E-state index in [0.717, 1.165) is 11.3 Å². The van der Waals surface area contributed by atoms with Gasteiger partial charge in [-0.3, -0.25) is 0 Å². The fraction of sp³-hybridized carbons (Fsp3) is 0.0417. The number of anilines is 4. The van der Waals surface area contributed by atoms with Crippen molar-refractivity contribution in [2.45, 2.75) is 6.54 Å². The Bertz CT molecular complexity index is 1120. The van der Waals surface area contributed by atoms with Crippen molar-refractivity contribution in [1.29, 1.82) is 5.26 Å². The molecule has 140 valence electrons. The number of para-hydroxylation sites is 2. The van der Waals surface area contributed by atoms with E-state index in [1.165, 1.54) is 0 Å². The zero-order valence-corrected chi connectivity index (χ0v) is 15.7. The predicted octanol–water partition coefficient (Wildman–Crippen LogP) is 5.43. The van der Waals surface area contributed by atoms with E-state index >= 15 is 0 Å². The lowest BCUT2D eigenvalue weighted by Gasteiger charge is -2.23. The molecule has 0 aliphatic rings. The standard InChI is InChI=1S/C24H19N5/c25-17-20-11-7-8-14-22(20)27-23-15-16-26-24(28-23)29(21-12-5-2-6-13-21)18-19-9-3-1-4-10-19/h1-16H,18H2,(H,26,27,28). The Morgan fingerprint density at radius 1 is 0.828 bits per heavy atom. The Morgan fingerprint density at radius 3 is 2.28 bits per heavy atom. The molecule has 0 spiro atoms. The number of benzene rings is 3. The molecule has 0 aliphatic heterocycles. The van der Waals surface area contributed by atoms with E-state index in [0.29, 0.717) is 29.6 Å². The van der Waals surface area contributed by atoms with Crippen LogP contribution in [0.3, 0.4) is 0 Å². The predicted molar refractivity (Wildman–Crippen MR) is 115 cm³/mol. The van der Waals surface area contributed by atoms with Crippen molar-refractivity contribution in [3.05, 3.63) is 108 Å². The van der Waals surface area contributed by atoms with E-state index in [-0.39, 0.29) is 0 Å². The van der Waals surface area contributed by atoms with Gasteiger partial charge < -0.3 is 10.2 Å². The third kappa shape index (κ3) is 4.40. The van der Waals surface area contributed by atoms with Crippen molar-refractivity contribution in [3.8, 4) is 6.07 Å². The molecule has 5 nitrogen and oxygen atoms in total. The first kappa shape index (κ1) is 18.2. The number of aromatic nitrogens is 2. The van der Waals surface area contributed by atoms with Gasteiger partial charge in [0.1, 0.15) is 11.9 Å². The maximum absolute atomic E-state index is 9.32. The third-order valence-electron chi connectivity index (χ3n) is 4.45. The highest BCUT2D eigenvalue weighted by Gasteiger charge is 2.14. The van der Waals surface area contributed by atoms with Gasteiger partial charge in [0.15, 0.2) is 0 Å². The molecule has 0 unspecified atom stereocenters. The molecule has 1 aromatic heterocycles. The number of rotatable bonds is 6. The normalized spacial score (nSPS) is 10.2. The van der Waals surface area contributed by atoms with E-state index in [1.807, 2.05) is 66.7 Å². The Hall–Kier alpha value is -4.17. The molecule has 0 fully saturated rings. The second kappa shape index (κ2) is 8.68. The largest absolute Gasteiger partial charge is 0.339 e. The van der Waals surface area contributed by atoms with E-state index in [2.05, 4.69) is 33.4 Å². The Kier molecular flexibility index (Phi) is 5.45. The van der Waals surface area contributed by atoms with Crippen molar-refractivity contribution < 1.29 is 0 Å². The lowest BCUT2D eigenvalue weighted by molar-refractivity contribution is 0.913. The van der Waals surface area contributed by atoms with Crippen molar-refractivity contribution in [3.63, 3.8) is 0 Å². The maximum Gasteiger partial charge on any atom is 0.232 e. The van der Waals surface area contributed by atoms with Crippen LogP contribution in [0.2, 0.25) is 0 Å².